The van der Waals surface area contributed by atoms with E-state index in [9.17, 15) is 22.4 Å². The van der Waals surface area contributed by atoms with Crippen LogP contribution in [0.2, 0.25) is 0 Å². The summed E-state index contributed by atoms with van der Waals surface area (Å²) in [6.45, 7) is -1.45. The first kappa shape index (κ1) is 14.1. The van der Waals surface area contributed by atoms with Gasteiger partial charge in [-0.1, -0.05) is 0 Å². The van der Waals surface area contributed by atoms with Crippen molar-refractivity contribution in [3.05, 3.63) is 24.0 Å². The lowest BCUT2D eigenvalue weighted by molar-refractivity contribution is -0.122. The predicted octanol–water partition coefficient (Wildman–Crippen LogP) is 2.52. The van der Waals surface area contributed by atoms with E-state index in [2.05, 4.69) is 10.1 Å². The number of urea groups is 1. The molecule has 0 saturated carbocycles. The Kier molecular flexibility index (Phi) is 4.35. The molecule has 1 aromatic rings. The third-order valence-electron chi connectivity index (χ3n) is 1.86. The van der Waals surface area contributed by atoms with Crippen molar-refractivity contribution in [1.29, 1.82) is 0 Å². The second-order valence-electron chi connectivity index (χ2n) is 3.27. The number of ether oxygens (including phenoxy) is 1. The summed E-state index contributed by atoms with van der Waals surface area (Å²) in [5.74, 6) is -0.762. The summed E-state index contributed by atoms with van der Waals surface area (Å²) in [5, 5.41) is 3.73. The molecule has 0 aromatic heterocycles. The minimum absolute atomic E-state index is 0.118. The smallest absolute Gasteiger partial charge is 0.405 e. The van der Waals surface area contributed by atoms with Gasteiger partial charge in [0, 0.05) is 11.8 Å². The van der Waals surface area contributed by atoms with Gasteiger partial charge in [0.1, 0.15) is 6.54 Å². The second-order valence-corrected chi connectivity index (χ2v) is 3.27. The van der Waals surface area contributed by atoms with E-state index in [-0.39, 0.29) is 11.4 Å². The molecule has 0 aliphatic carbocycles. The number of carbonyl (C=O) groups is 1. The Hall–Kier alpha value is -1.99. The van der Waals surface area contributed by atoms with Crippen molar-refractivity contribution in [2.24, 2.45) is 0 Å². The number of anilines is 1. The number of halogens is 4. The van der Waals surface area contributed by atoms with Gasteiger partial charge < -0.3 is 15.4 Å². The fourth-order valence-electron chi connectivity index (χ4n) is 1.09. The van der Waals surface area contributed by atoms with Crippen LogP contribution >= 0.6 is 0 Å². The first-order chi connectivity index (χ1) is 8.31. The fraction of sp³-hybridized carbons (Fsp3) is 0.300. The number of carbonyl (C=O) groups excluding carboxylic acids is 1. The Labute approximate surface area is 99.9 Å². The topological polar surface area (TPSA) is 50.4 Å². The summed E-state index contributed by atoms with van der Waals surface area (Å²) in [4.78, 5) is 11.1. The van der Waals surface area contributed by atoms with Gasteiger partial charge in [0.2, 0.25) is 0 Å². The molecule has 8 heteroatoms. The zero-order chi connectivity index (χ0) is 13.8. The summed E-state index contributed by atoms with van der Waals surface area (Å²) >= 11 is 0. The van der Waals surface area contributed by atoms with E-state index in [1.54, 1.807) is 5.32 Å². The van der Waals surface area contributed by atoms with Crippen LogP contribution in [0.25, 0.3) is 0 Å². The van der Waals surface area contributed by atoms with Gasteiger partial charge in [0.15, 0.2) is 11.6 Å². The third kappa shape index (κ3) is 4.48. The number of hydrogen-bond acceptors (Lipinski definition) is 2. The van der Waals surface area contributed by atoms with E-state index in [0.717, 1.165) is 12.1 Å². The molecule has 100 valence electrons. The first-order valence-corrected chi connectivity index (χ1v) is 4.77. The maximum absolute atomic E-state index is 13.0. The Balaban J connectivity index is 2.59. The molecular weight excluding hydrogens is 256 g/mol. The molecule has 0 radical (unpaired) electrons. The SMILES string of the molecule is COc1cc(NC(=O)NCC(F)(F)F)ccc1F. The van der Waals surface area contributed by atoms with Crippen molar-refractivity contribution in [3.8, 4) is 5.75 Å². The average Bonchev–Trinajstić information content (AvgIpc) is 2.28. The molecule has 18 heavy (non-hydrogen) atoms. The highest BCUT2D eigenvalue weighted by atomic mass is 19.4. The first-order valence-electron chi connectivity index (χ1n) is 4.77. The van der Waals surface area contributed by atoms with Gasteiger partial charge in [-0.05, 0) is 12.1 Å². The van der Waals surface area contributed by atoms with Crippen molar-refractivity contribution in [3.63, 3.8) is 0 Å². The molecule has 0 bridgehead atoms. The van der Waals surface area contributed by atoms with Crippen LogP contribution in [0.1, 0.15) is 0 Å². The lowest BCUT2D eigenvalue weighted by atomic mass is 10.3. The molecule has 0 unspecified atom stereocenters. The quantitative estimate of drug-likeness (QED) is 0.826. The molecule has 2 amide bonds. The van der Waals surface area contributed by atoms with Crippen LogP contribution in [0.5, 0.6) is 5.75 Å². The molecule has 0 aliphatic heterocycles. The summed E-state index contributed by atoms with van der Waals surface area (Å²) in [5.41, 5.74) is 0.118. The fourth-order valence-corrected chi connectivity index (χ4v) is 1.09. The maximum atomic E-state index is 13.0. The van der Waals surface area contributed by atoms with Crippen molar-refractivity contribution in [2.75, 3.05) is 19.0 Å². The normalized spacial score (nSPS) is 10.9. The van der Waals surface area contributed by atoms with Crippen molar-refractivity contribution in [2.45, 2.75) is 6.18 Å². The van der Waals surface area contributed by atoms with Crippen LogP contribution in [-0.2, 0) is 0 Å². The summed E-state index contributed by atoms with van der Waals surface area (Å²) in [6.07, 6.45) is -4.49. The molecular formula is C10H10F4N2O2. The van der Waals surface area contributed by atoms with E-state index in [4.69, 9.17) is 0 Å². The van der Waals surface area contributed by atoms with E-state index in [0.29, 0.717) is 0 Å². The molecule has 4 nitrogen and oxygen atoms in total. The zero-order valence-electron chi connectivity index (χ0n) is 9.27. The van der Waals surface area contributed by atoms with Crippen LogP contribution < -0.4 is 15.4 Å². The highest BCUT2D eigenvalue weighted by Gasteiger charge is 2.27. The van der Waals surface area contributed by atoms with Crippen molar-refractivity contribution in [1.82, 2.24) is 5.32 Å². The number of nitrogens with one attached hydrogen (secondary N) is 2. The number of alkyl halides is 3. The van der Waals surface area contributed by atoms with Gasteiger partial charge in [0.25, 0.3) is 0 Å². The van der Waals surface area contributed by atoms with E-state index in [1.165, 1.54) is 13.2 Å². The summed E-state index contributed by atoms with van der Waals surface area (Å²) in [7, 11) is 1.23. The number of rotatable bonds is 3. The third-order valence-corrected chi connectivity index (χ3v) is 1.86. The average molecular weight is 266 g/mol. The van der Waals surface area contributed by atoms with Gasteiger partial charge in [-0.3, -0.25) is 0 Å². The Morgan fingerprint density at radius 3 is 2.61 bits per heavy atom. The van der Waals surface area contributed by atoms with E-state index < -0.39 is 24.6 Å². The molecule has 2 N–H and O–H groups in total. The monoisotopic (exact) mass is 266 g/mol. The number of methoxy groups -OCH3 is 1. The van der Waals surface area contributed by atoms with Crippen molar-refractivity contribution < 1.29 is 27.1 Å². The summed E-state index contributed by atoms with van der Waals surface area (Å²) < 4.78 is 53.1. The van der Waals surface area contributed by atoms with Gasteiger partial charge in [-0.25, -0.2) is 9.18 Å². The molecule has 0 spiro atoms. The van der Waals surface area contributed by atoms with E-state index in [1.807, 2.05) is 0 Å². The predicted molar refractivity (Wildman–Crippen MR) is 56.0 cm³/mol. The second kappa shape index (κ2) is 5.56. The maximum Gasteiger partial charge on any atom is 0.405 e. The number of hydrogen-bond donors (Lipinski definition) is 2. The van der Waals surface area contributed by atoms with Crippen molar-refractivity contribution >= 4 is 11.7 Å². The number of amides is 2. The largest absolute Gasteiger partial charge is 0.494 e. The highest BCUT2D eigenvalue weighted by molar-refractivity contribution is 5.89. The van der Waals surface area contributed by atoms with Crippen LogP contribution in [0.15, 0.2) is 18.2 Å². The standard InChI is InChI=1S/C10H10F4N2O2/c1-18-8-4-6(2-3-7(8)11)16-9(17)15-5-10(12,13)14/h2-4H,5H2,1H3,(H2,15,16,17). The molecule has 0 aliphatic rings. The number of benzene rings is 1. The Morgan fingerprint density at radius 1 is 1.39 bits per heavy atom. The lowest BCUT2D eigenvalue weighted by Gasteiger charge is -2.10. The van der Waals surface area contributed by atoms with Gasteiger partial charge >= 0.3 is 12.2 Å². The molecule has 0 heterocycles. The van der Waals surface area contributed by atoms with E-state index >= 15 is 0 Å². The molecule has 0 atom stereocenters. The van der Waals surface area contributed by atoms with Gasteiger partial charge in [-0.15, -0.1) is 0 Å². The highest BCUT2D eigenvalue weighted by Crippen LogP contribution is 2.21. The minimum Gasteiger partial charge on any atom is -0.494 e. The van der Waals surface area contributed by atoms with Crippen LogP contribution in [-0.4, -0.2) is 25.9 Å². The molecule has 1 aromatic carbocycles. The molecule has 1 rings (SSSR count). The Morgan fingerprint density at radius 2 is 2.06 bits per heavy atom. The molecule has 0 fully saturated rings. The molecule has 0 saturated heterocycles. The van der Waals surface area contributed by atoms with Crippen LogP contribution in [0.4, 0.5) is 28.0 Å². The summed E-state index contributed by atoms with van der Waals surface area (Å²) in [6, 6.07) is 2.34. The minimum atomic E-state index is -4.49. The van der Waals surface area contributed by atoms with Gasteiger partial charge in [0.05, 0.1) is 7.11 Å². The zero-order valence-corrected chi connectivity index (χ0v) is 9.27. The van der Waals surface area contributed by atoms with Crippen LogP contribution in [0, 0.1) is 5.82 Å². The lowest BCUT2D eigenvalue weighted by Crippen LogP contribution is -2.36. The van der Waals surface area contributed by atoms with Crippen LogP contribution in [0.3, 0.4) is 0 Å². The van der Waals surface area contributed by atoms with Gasteiger partial charge in [-0.2, -0.15) is 13.2 Å². The Bertz CT molecular complexity index is 434.